The van der Waals surface area contributed by atoms with Crippen LogP contribution in [0.2, 0.25) is 0 Å². The third kappa shape index (κ3) is 1.77. The van der Waals surface area contributed by atoms with Crippen molar-refractivity contribution in [3.8, 4) is 0 Å². The maximum Gasteiger partial charge on any atom is 0.0394 e. The Kier molecular flexibility index (Phi) is 1.72. The first-order valence-corrected chi connectivity index (χ1v) is 4.73. The maximum atomic E-state index is 5.73. The van der Waals surface area contributed by atoms with Crippen molar-refractivity contribution in [1.29, 1.82) is 0 Å². The van der Waals surface area contributed by atoms with E-state index in [1.807, 2.05) is 12.1 Å². The molecule has 1 aliphatic rings. The molecule has 1 aromatic carbocycles. The summed E-state index contributed by atoms with van der Waals surface area (Å²) in [5, 5.41) is 3.52. The molecule has 0 spiro atoms. The van der Waals surface area contributed by atoms with Crippen LogP contribution in [0.5, 0.6) is 0 Å². The molecule has 2 heteroatoms. The highest BCUT2D eigenvalue weighted by Crippen LogP contribution is 2.39. The van der Waals surface area contributed by atoms with Gasteiger partial charge in [0.15, 0.2) is 0 Å². The van der Waals surface area contributed by atoms with E-state index in [2.05, 4.69) is 25.2 Å². The molecule has 0 aliphatic heterocycles. The Hall–Kier alpha value is -1.18. The zero-order valence-corrected chi connectivity index (χ0v) is 8.22. The molecule has 0 heterocycles. The monoisotopic (exact) mass is 176 g/mol. The highest BCUT2D eigenvalue weighted by Gasteiger charge is 2.37. The molecule has 13 heavy (non-hydrogen) atoms. The summed E-state index contributed by atoms with van der Waals surface area (Å²) in [7, 11) is 0. The van der Waals surface area contributed by atoms with Crippen molar-refractivity contribution < 1.29 is 0 Å². The number of nitrogens with two attached hydrogens (primary N) is 1. The summed E-state index contributed by atoms with van der Waals surface area (Å²) in [6, 6.07) is 6.01. The van der Waals surface area contributed by atoms with Crippen molar-refractivity contribution in [2.24, 2.45) is 0 Å². The topological polar surface area (TPSA) is 38.0 Å². The third-order valence-electron chi connectivity index (χ3n) is 2.70. The number of rotatable bonds is 2. The summed E-state index contributed by atoms with van der Waals surface area (Å²) in [4.78, 5) is 0. The van der Waals surface area contributed by atoms with Gasteiger partial charge in [-0.1, -0.05) is 6.07 Å². The van der Waals surface area contributed by atoms with Gasteiger partial charge in [-0.15, -0.1) is 0 Å². The van der Waals surface area contributed by atoms with E-state index in [0.29, 0.717) is 5.54 Å². The molecule has 0 amide bonds. The van der Waals surface area contributed by atoms with E-state index in [9.17, 15) is 0 Å². The minimum atomic E-state index is 0.332. The van der Waals surface area contributed by atoms with E-state index in [1.54, 1.807) is 0 Å². The fourth-order valence-corrected chi connectivity index (χ4v) is 1.41. The number of nitrogen functional groups attached to an aromatic ring is 1. The molecule has 0 bridgehead atoms. The van der Waals surface area contributed by atoms with Crippen LogP contribution in [-0.2, 0) is 0 Å². The lowest BCUT2D eigenvalue weighted by Crippen LogP contribution is -2.16. The van der Waals surface area contributed by atoms with Crippen molar-refractivity contribution in [2.45, 2.75) is 32.2 Å². The van der Waals surface area contributed by atoms with Crippen molar-refractivity contribution in [3.63, 3.8) is 0 Å². The quantitative estimate of drug-likeness (QED) is 0.679. The fraction of sp³-hybridized carbons (Fsp3) is 0.455. The van der Waals surface area contributed by atoms with E-state index in [-0.39, 0.29) is 0 Å². The predicted octanol–water partition coefficient (Wildman–Crippen LogP) is 2.54. The van der Waals surface area contributed by atoms with Crippen LogP contribution in [0, 0.1) is 6.92 Å². The van der Waals surface area contributed by atoms with E-state index in [4.69, 9.17) is 5.73 Å². The lowest BCUT2D eigenvalue weighted by atomic mass is 10.1. The first-order valence-electron chi connectivity index (χ1n) is 4.73. The van der Waals surface area contributed by atoms with Crippen LogP contribution in [0.25, 0.3) is 0 Å². The molecule has 70 valence electrons. The number of aryl methyl sites for hydroxylation is 1. The van der Waals surface area contributed by atoms with E-state index in [0.717, 1.165) is 5.69 Å². The van der Waals surface area contributed by atoms with Crippen LogP contribution in [0.4, 0.5) is 11.4 Å². The second kappa shape index (κ2) is 2.66. The van der Waals surface area contributed by atoms with Crippen molar-refractivity contribution in [2.75, 3.05) is 11.1 Å². The maximum absolute atomic E-state index is 5.73. The average molecular weight is 176 g/mol. The highest BCUT2D eigenvalue weighted by molar-refractivity contribution is 5.60. The molecular formula is C11H16N2. The zero-order valence-electron chi connectivity index (χ0n) is 8.22. The van der Waals surface area contributed by atoms with Gasteiger partial charge in [0.2, 0.25) is 0 Å². The number of benzene rings is 1. The summed E-state index contributed by atoms with van der Waals surface area (Å²) in [5.41, 5.74) is 9.34. The van der Waals surface area contributed by atoms with Crippen LogP contribution in [0.3, 0.4) is 0 Å². The van der Waals surface area contributed by atoms with Gasteiger partial charge in [-0.25, -0.2) is 0 Å². The molecule has 1 saturated carbocycles. The Labute approximate surface area is 79.1 Å². The van der Waals surface area contributed by atoms with Gasteiger partial charge < -0.3 is 11.1 Å². The standard InChI is InChI=1S/C11H16N2/c1-8-3-4-9(12)7-10(8)13-11(2)5-6-11/h3-4,7,13H,5-6,12H2,1-2H3. The van der Waals surface area contributed by atoms with E-state index >= 15 is 0 Å². The molecule has 1 aromatic rings. The molecule has 1 fully saturated rings. The average Bonchev–Trinajstić information content (AvgIpc) is 2.76. The lowest BCUT2D eigenvalue weighted by Gasteiger charge is -2.15. The molecule has 3 N–H and O–H groups in total. The Balaban J connectivity index is 2.23. The summed E-state index contributed by atoms with van der Waals surface area (Å²) in [6.07, 6.45) is 2.53. The molecule has 0 atom stereocenters. The van der Waals surface area contributed by atoms with Crippen LogP contribution in [0.1, 0.15) is 25.3 Å². The molecule has 1 aliphatic carbocycles. The molecule has 2 rings (SSSR count). The minimum Gasteiger partial charge on any atom is -0.399 e. The van der Waals surface area contributed by atoms with Crippen molar-refractivity contribution in [3.05, 3.63) is 23.8 Å². The van der Waals surface area contributed by atoms with E-state index < -0.39 is 0 Å². The largest absolute Gasteiger partial charge is 0.399 e. The SMILES string of the molecule is Cc1ccc(N)cc1NC1(C)CC1. The number of hydrogen-bond acceptors (Lipinski definition) is 2. The van der Waals surface area contributed by atoms with E-state index in [1.165, 1.54) is 24.1 Å². The second-order valence-electron chi connectivity index (χ2n) is 4.26. The van der Waals surface area contributed by atoms with Gasteiger partial charge in [0, 0.05) is 16.9 Å². The van der Waals surface area contributed by atoms with Gasteiger partial charge >= 0.3 is 0 Å². The Morgan fingerprint density at radius 3 is 2.69 bits per heavy atom. The Morgan fingerprint density at radius 2 is 2.08 bits per heavy atom. The third-order valence-corrected chi connectivity index (χ3v) is 2.70. The van der Waals surface area contributed by atoms with Gasteiger partial charge in [0.05, 0.1) is 0 Å². The summed E-state index contributed by atoms with van der Waals surface area (Å²) in [5.74, 6) is 0. The number of anilines is 2. The first-order chi connectivity index (χ1) is 6.09. The molecule has 0 saturated heterocycles. The summed E-state index contributed by atoms with van der Waals surface area (Å²) >= 11 is 0. The first kappa shape index (κ1) is 8.42. The van der Waals surface area contributed by atoms with Crippen LogP contribution >= 0.6 is 0 Å². The summed E-state index contributed by atoms with van der Waals surface area (Å²) < 4.78 is 0. The van der Waals surface area contributed by atoms with Gasteiger partial charge in [0.1, 0.15) is 0 Å². The molecule has 0 unspecified atom stereocenters. The van der Waals surface area contributed by atoms with Gasteiger partial charge in [-0.3, -0.25) is 0 Å². The Morgan fingerprint density at radius 1 is 1.38 bits per heavy atom. The van der Waals surface area contributed by atoms with Crippen molar-refractivity contribution in [1.82, 2.24) is 0 Å². The Bertz CT molecular complexity index is 327. The predicted molar refractivity (Wildman–Crippen MR) is 56.9 cm³/mol. The van der Waals surface area contributed by atoms with Gasteiger partial charge in [0.25, 0.3) is 0 Å². The fourth-order valence-electron chi connectivity index (χ4n) is 1.41. The number of hydrogen-bond donors (Lipinski definition) is 2. The molecule has 2 nitrogen and oxygen atoms in total. The molecular weight excluding hydrogens is 160 g/mol. The summed E-state index contributed by atoms with van der Waals surface area (Å²) in [6.45, 7) is 4.35. The van der Waals surface area contributed by atoms with Crippen LogP contribution in [0.15, 0.2) is 18.2 Å². The van der Waals surface area contributed by atoms with Crippen LogP contribution < -0.4 is 11.1 Å². The van der Waals surface area contributed by atoms with Gasteiger partial charge in [-0.2, -0.15) is 0 Å². The smallest absolute Gasteiger partial charge is 0.0394 e. The lowest BCUT2D eigenvalue weighted by molar-refractivity contribution is 0.828. The zero-order chi connectivity index (χ0) is 9.47. The molecule has 0 radical (unpaired) electrons. The minimum absolute atomic E-state index is 0.332. The second-order valence-corrected chi connectivity index (χ2v) is 4.26. The molecule has 0 aromatic heterocycles. The normalized spacial score (nSPS) is 18.3. The van der Waals surface area contributed by atoms with Crippen molar-refractivity contribution >= 4 is 11.4 Å². The van der Waals surface area contributed by atoms with Crippen LogP contribution in [-0.4, -0.2) is 5.54 Å². The number of nitrogens with one attached hydrogen (secondary N) is 1. The van der Waals surface area contributed by atoms with Gasteiger partial charge in [-0.05, 0) is 44.4 Å². The highest BCUT2D eigenvalue weighted by atomic mass is 15.0.